The number of alkyl halides is 6. The highest BCUT2D eigenvalue weighted by Crippen LogP contribution is 2.35. The average molecular weight is 501 g/mol. The fourth-order valence-corrected chi connectivity index (χ4v) is 3.58. The first-order valence-electron chi connectivity index (χ1n) is 10.4. The van der Waals surface area contributed by atoms with Gasteiger partial charge in [0.1, 0.15) is 17.3 Å². The zero-order valence-corrected chi connectivity index (χ0v) is 18.6. The molecule has 0 aliphatic carbocycles. The SMILES string of the molecule is Cc1cc(C)cc(Oc2cccc(C(NC[C@@H](O)C(F)(F)F)c3cc(C(F)(F)F)ccc3F)c2)c1. The van der Waals surface area contributed by atoms with E-state index in [-0.39, 0.29) is 11.3 Å². The first-order valence-corrected chi connectivity index (χ1v) is 10.4. The lowest BCUT2D eigenvalue weighted by molar-refractivity contribution is -0.202. The van der Waals surface area contributed by atoms with Crippen LogP contribution in [0, 0.1) is 19.7 Å². The zero-order valence-electron chi connectivity index (χ0n) is 18.6. The predicted molar refractivity (Wildman–Crippen MR) is 116 cm³/mol. The maximum absolute atomic E-state index is 14.7. The summed E-state index contributed by atoms with van der Waals surface area (Å²) in [5, 5.41) is 11.8. The van der Waals surface area contributed by atoms with Crippen molar-refractivity contribution in [3.05, 3.63) is 94.3 Å². The summed E-state index contributed by atoms with van der Waals surface area (Å²) in [5.74, 6) is -0.345. The van der Waals surface area contributed by atoms with Crippen molar-refractivity contribution in [1.82, 2.24) is 5.32 Å². The summed E-state index contributed by atoms with van der Waals surface area (Å²) in [6.07, 6.45) is -12.6. The highest BCUT2D eigenvalue weighted by Gasteiger charge is 2.39. The van der Waals surface area contributed by atoms with Gasteiger partial charge in [-0.05, 0) is 73.0 Å². The monoisotopic (exact) mass is 501 g/mol. The number of ether oxygens (including phenoxy) is 1. The average Bonchev–Trinajstić information content (AvgIpc) is 2.73. The maximum Gasteiger partial charge on any atom is 0.416 e. The van der Waals surface area contributed by atoms with E-state index in [1.54, 1.807) is 18.2 Å². The van der Waals surface area contributed by atoms with Gasteiger partial charge in [-0.3, -0.25) is 0 Å². The Labute approximate surface area is 197 Å². The highest BCUT2D eigenvalue weighted by molar-refractivity contribution is 5.42. The van der Waals surface area contributed by atoms with E-state index >= 15 is 0 Å². The third kappa shape index (κ3) is 6.95. The van der Waals surface area contributed by atoms with Gasteiger partial charge in [0.15, 0.2) is 6.10 Å². The molecule has 3 aromatic rings. The molecule has 2 atom stereocenters. The minimum Gasteiger partial charge on any atom is -0.457 e. The molecule has 0 saturated heterocycles. The van der Waals surface area contributed by atoms with Gasteiger partial charge in [-0.2, -0.15) is 26.3 Å². The van der Waals surface area contributed by atoms with Gasteiger partial charge in [0, 0.05) is 12.1 Å². The largest absolute Gasteiger partial charge is 0.457 e. The van der Waals surface area contributed by atoms with Gasteiger partial charge in [0.25, 0.3) is 0 Å². The van der Waals surface area contributed by atoms with E-state index in [2.05, 4.69) is 5.32 Å². The van der Waals surface area contributed by atoms with Crippen LogP contribution >= 0.6 is 0 Å². The molecule has 35 heavy (non-hydrogen) atoms. The second kappa shape index (κ2) is 10.2. The molecular formula is C25H22F7NO2. The van der Waals surface area contributed by atoms with Crippen LogP contribution in [-0.2, 0) is 6.18 Å². The minimum absolute atomic E-state index is 0.138. The number of aryl methyl sites for hydroxylation is 2. The predicted octanol–water partition coefficient (Wildman–Crippen LogP) is 6.86. The van der Waals surface area contributed by atoms with Crippen LogP contribution in [0.15, 0.2) is 60.7 Å². The third-order valence-electron chi connectivity index (χ3n) is 5.15. The summed E-state index contributed by atoms with van der Waals surface area (Å²) in [7, 11) is 0. The Hall–Kier alpha value is -3.11. The van der Waals surface area contributed by atoms with Crippen molar-refractivity contribution in [3.63, 3.8) is 0 Å². The van der Waals surface area contributed by atoms with Crippen molar-refractivity contribution in [3.8, 4) is 11.5 Å². The first kappa shape index (κ1) is 26.5. The summed E-state index contributed by atoms with van der Waals surface area (Å²) in [6.45, 7) is 2.64. The molecule has 0 aliphatic rings. The van der Waals surface area contributed by atoms with E-state index in [0.717, 1.165) is 11.1 Å². The molecule has 0 amide bonds. The van der Waals surface area contributed by atoms with E-state index < -0.39 is 48.0 Å². The minimum atomic E-state index is -4.97. The van der Waals surface area contributed by atoms with Crippen molar-refractivity contribution in [2.45, 2.75) is 38.3 Å². The number of nitrogens with one attached hydrogen (secondary N) is 1. The molecule has 10 heteroatoms. The molecule has 0 aliphatic heterocycles. The lowest BCUT2D eigenvalue weighted by Crippen LogP contribution is -2.40. The molecule has 0 fully saturated rings. The van der Waals surface area contributed by atoms with E-state index in [0.29, 0.717) is 23.9 Å². The van der Waals surface area contributed by atoms with Gasteiger partial charge in [-0.1, -0.05) is 18.2 Å². The molecule has 0 heterocycles. The van der Waals surface area contributed by atoms with Crippen molar-refractivity contribution < 1.29 is 40.6 Å². The molecular weight excluding hydrogens is 479 g/mol. The van der Waals surface area contributed by atoms with Crippen molar-refractivity contribution in [1.29, 1.82) is 0 Å². The first-order chi connectivity index (χ1) is 16.2. The maximum atomic E-state index is 14.7. The fourth-order valence-electron chi connectivity index (χ4n) is 3.58. The molecule has 0 radical (unpaired) electrons. The Morgan fingerprint density at radius 2 is 1.51 bits per heavy atom. The second-order valence-electron chi connectivity index (χ2n) is 8.13. The normalized spacial score (nSPS) is 14.0. The van der Waals surface area contributed by atoms with E-state index in [1.165, 1.54) is 18.2 Å². The molecule has 3 aromatic carbocycles. The molecule has 3 nitrogen and oxygen atoms in total. The Balaban J connectivity index is 2.02. The van der Waals surface area contributed by atoms with Gasteiger partial charge >= 0.3 is 12.4 Å². The van der Waals surface area contributed by atoms with Crippen LogP contribution in [0.25, 0.3) is 0 Å². The van der Waals surface area contributed by atoms with Crippen LogP contribution in [0.4, 0.5) is 30.7 Å². The molecule has 1 unspecified atom stereocenters. The van der Waals surface area contributed by atoms with E-state index in [1.807, 2.05) is 19.9 Å². The standard InChI is InChI=1S/C25H22F7NO2/c1-14-8-15(2)10-19(9-14)35-18-5-3-4-16(11-18)23(33-13-22(34)25(30,31)32)20-12-17(24(27,28)29)6-7-21(20)26/h3-12,22-23,33-34H,13H2,1-2H3/t22-,23?/m1/s1. The molecule has 3 rings (SSSR count). The number of benzene rings is 3. The molecule has 0 aromatic heterocycles. The molecule has 0 spiro atoms. The summed E-state index contributed by atoms with van der Waals surface area (Å²) < 4.78 is 98.8. The highest BCUT2D eigenvalue weighted by atomic mass is 19.4. The topological polar surface area (TPSA) is 41.5 Å². The Bertz CT molecular complexity index is 1150. The zero-order chi connectivity index (χ0) is 26.0. The number of hydrogen-bond acceptors (Lipinski definition) is 3. The van der Waals surface area contributed by atoms with Gasteiger partial charge in [-0.15, -0.1) is 0 Å². The van der Waals surface area contributed by atoms with Gasteiger partial charge in [-0.25, -0.2) is 4.39 Å². The van der Waals surface area contributed by atoms with Gasteiger partial charge < -0.3 is 15.2 Å². The molecule has 0 saturated carbocycles. The van der Waals surface area contributed by atoms with Crippen molar-refractivity contribution in [2.75, 3.05) is 6.54 Å². The molecule has 188 valence electrons. The van der Waals surface area contributed by atoms with Crippen LogP contribution in [0.3, 0.4) is 0 Å². The summed E-state index contributed by atoms with van der Waals surface area (Å²) >= 11 is 0. The number of rotatable bonds is 7. The van der Waals surface area contributed by atoms with Crippen LogP contribution in [-0.4, -0.2) is 23.9 Å². The lowest BCUT2D eigenvalue weighted by atomic mass is 9.95. The second-order valence-corrected chi connectivity index (χ2v) is 8.13. The molecule has 0 bridgehead atoms. The summed E-state index contributed by atoms with van der Waals surface area (Å²) in [5.41, 5.74) is 0.280. The van der Waals surface area contributed by atoms with Crippen LogP contribution < -0.4 is 10.1 Å². The van der Waals surface area contributed by atoms with Crippen LogP contribution in [0.2, 0.25) is 0 Å². The van der Waals surface area contributed by atoms with E-state index in [4.69, 9.17) is 4.74 Å². The lowest BCUT2D eigenvalue weighted by Gasteiger charge is -2.24. The van der Waals surface area contributed by atoms with Gasteiger partial charge in [0.05, 0.1) is 11.6 Å². The Morgan fingerprint density at radius 3 is 2.11 bits per heavy atom. The summed E-state index contributed by atoms with van der Waals surface area (Å²) in [4.78, 5) is 0. The number of aliphatic hydroxyl groups is 1. The fraction of sp³-hybridized carbons (Fsp3) is 0.280. The summed E-state index contributed by atoms with van der Waals surface area (Å²) in [6, 6.07) is 11.5. The van der Waals surface area contributed by atoms with E-state index in [9.17, 15) is 35.8 Å². The van der Waals surface area contributed by atoms with Crippen LogP contribution in [0.5, 0.6) is 11.5 Å². The number of halogens is 7. The quantitative estimate of drug-likeness (QED) is 0.348. The van der Waals surface area contributed by atoms with Crippen molar-refractivity contribution in [2.24, 2.45) is 0 Å². The van der Waals surface area contributed by atoms with Gasteiger partial charge in [0.2, 0.25) is 0 Å². The Kier molecular flexibility index (Phi) is 7.76. The Morgan fingerprint density at radius 1 is 0.857 bits per heavy atom. The smallest absolute Gasteiger partial charge is 0.416 e. The molecule has 2 N–H and O–H groups in total. The number of aliphatic hydroxyl groups excluding tert-OH is 1. The third-order valence-corrected chi connectivity index (χ3v) is 5.15. The number of hydrogen-bond donors (Lipinski definition) is 2. The van der Waals surface area contributed by atoms with Crippen LogP contribution in [0.1, 0.15) is 33.9 Å². The van der Waals surface area contributed by atoms with Crippen molar-refractivity contribution >= 4 is 0 Å².